The highest BCUT2D eigenvalue weighted by Gasteiger charge is 2.15. The van der Waals surface area contributed by atoms with Crippen molar-refractivity contribution in [2.24, 2.45) is 0 Å². The van der Waals surface area contributed by atoms with Crippen molar-refractivity contribution in [3.8, 4) is 0 Å². The Morgan fingerprint density at radius 1 is 1.47 bits per heavy atom. The SMILES string of the molecule is Nc1ccc(Br)cc1SC1CCCNC1. The highest BCUT2D eigenvalue weighted by molar-refractivity contribution is 9.10. The largest absolute Gasteiger partial charge is 0.398 e. The fourth-order valence-corrected chi connectivity index (χ4v) is 3.47. The van der Waals surface area contributed by atoms with Gasteiger partial charge in [-0.05, 0) is 37.6 Å². The number of anilines is 1. The first-order valence-corrected chi connectivity index (χ1v) is 6.85. The minimum Gasteiger partial charge on any atom is -0.398 e. The summed E-state index contributed by atoms with van der Waals surface area (Å²) in [5.41, 5.74) is 6.83. The van der Waals surface area contributed by atoms with E-state index >= 15 is 0 Å². The predicted octanol–water partition coefficient (Wildman–Crippen LogP) is 2.88. The van der Waals surface area contributed by atoms with Crippen molar-refractivity contribution in [2.45, 2.75) is 23.0 Å². The Kier molecular flexibility index (Phi) is 3.94. The second-order valence-corrected chi connectivity index (χ2v) is 6.03. The molecule has 1 unspecified atom stereocenters. The Bertz CT molecular complexity index is 337. The van der Waals surface area contributed by atoms with Crippen molar-refractivity contribution >= 4 is 33.4 Å². The molecule has 1 fully saturated rings. The van der Waals surface area contributed by atoms with Crippen LogP contribution in [0.3, 0.4) is 0 Å². The maximum atomic E-state index is 5.94. The van der Waals surface area contributed by atoms with Crippen LogP contribution in [0.15, 0.2) is 27.6 Å². The second-order valence-electron chi connectivity index (χ2n) is 3.77. The van der Waals surface area contributed by atoms with Gasteiger partial charge in [0, 0.05) is 26.9 Å². The monoisotopic (exact) mass is 286 g/mol. The second kappa shape index (κ2) is 5.23. The van der Waals surface area contributed by atoms with Crippen LogP contribution >= 0.6 is 27.7 Å². The molecule has 15 heavy (non-hydrogen) atoms. The Morgan fingerprint density at radius 2 is 2.33 bits per heavy atom. The highest BCUT2D eigenvalue weighted by Crippen LogP contribution is 2.33. The standard InChI is InChI=1S/C11H15BrN2S/c12-8-3-4-10(13)11(6-8)15-9-2-1-5-14-7-9/h3-4,6,9,14H,1-2,5,7,13H2. The third-order valence-electron chi connectivity index (χ3n) is 2.52. The number of benzene rings is 1. The Balaban J connectivity index is 2.05. The summed E-state index contributed by atoms with van der Waals surface area (Å²) in [6.45, 7) is 2.25. The number of nitrogen functional groups attached to an aromatic ring is 1. The maximum Gasteiger partial charge on any atom is 0.0453 e. The van der Waals surface area contributed by atoms with Gasteiger partial charge in [0.25, 0.3) is 0 Å². The number of hydrogen-bond acceptors (Lipinski definition) is 3. The van der Waals surface area contributed by atoms with Crippen LogP contribution in [0.5, 0.6) is 0 Å². The van der Waals surface area contributed by atoms with E-state index in [4.69, 9.17) is 5.73 Å². The molecule has 3 N–H and O–H groups in total. The third-order valence-corrected chi connectivity index (χ3v) is 4.36. The predicted molar refractivity (Wildman–Crippen MR) is 70.3 cm³/mol. The molecule has 1 aliphatic rings. The fourth-order valence-electron chi connectivity index (χ4n) is 1.71. The van der Waals surface area contributed by atoms with E-state index in [1.807, 2.05) is 23.9 Å². The van der Waals surface area contributed by atoms with Gasteiger partial charge in [-0.2, -0.15) is 0 Å². The lowest BCUT2D eigenvalue weighted by Crippen LogP contribution is -2.31. The molecule has 0 aromatic heterocycles. The smallest absolute Gasteiger partial charge is 0.0453 e. The van der Waals surface area contributed by atoms with Crippen molar-refractivity contribution in [1.29, 1.82) is 0 Å². The van der Waals surface area contributed by atoms with Gasteiger partial charge in [0.1, 0.15) is 0 Å². The molecule has 1 heterocycles. The first-order chi connectivity index (χ1) is 7.25. The number of halogens is 1. The zero-order chi connectivity index (χ0) is 10.7. The van der Waals surface area contributed by atoms with Gasteiger partial charge >= 0.3 is 0 Å². The first-order valence-electron chi connectivity index (χ1n) is 5.18. The number of rotatable bonds is 2. The minimum atomic E-state index is 0.662. The molecule has 82 valence electrons. The van der Waals surface area contributed by atoms with Gasteiger partial charge in [-0.3, -0.25) is 0 Å². The topological polar surface area (TPSA) is 38.0 Å². The van der Waals surface area contributed by atoms with Crippen molar-refractivity contribution in [3.05, 3.63) is 22.7 Å². The summed E-state index contributed by atoms with van der Waals surface area (Å²) >= 11 is 5.36. The summed E-state index contributed by atoms with van der Waals surface area (Å²) in [7, 11) is 0. The van der Waals surface area contributed by atoms with E-state index in [0.717, 1.165) is 23.2 Å². The zero-order valence-electron chi connectivity index (χ0n) is 8.50. The molecule has 0 amide bonds. The number of hydrogen-bond donors (Lipinski definition) is 2. The molecule has 1 atom stereocenters. The molecule has 2 nitrogen and oxygen atoms in total. The lowest BCUT2D eigenvalue weighted by atomic mass is 10.2. The number of nitrogens with two attached hydrogens (primary N) is 1. The van der Waals surface area contributed by atoms with Crippen LogP contribution in [0.25, 0.3) is 0 Å². The molecule has 0 aliphatic carbocycles. The van der Waals surface area contributed by atoms with Crippen LogP contribution in [0, 0.1) is 0 Å². The molecule has 1 saturated heterocycles. The van der Waals surface area contributed by atoms with Crippen molar-refractivity contribution < 1.29 is 0 Å². The average molecular weight is 287 g/mol. The molecule has 1 aromatic rings. The third kappa shape index (κ3) is 3.13. The fraction of sp³-hybridized carbons (Fsp3) is 0.455. The highest BCUT2D eigenvalue weighted by atomic mass is 79.9. The van der Waals surface area contributed by atoms with Gasteiger partial charge in [-0.1, -0.05) is 15.9 Å². The quantitative estimate of drug-likeness (QED) is 0.821. The summed E-state index contributed by atoms with van der Waals surface area (Å²) in [6.07, 6.45) is 2.55. The number of piperidine rings is 1. The average Bonchev–Trinajstić information content (AvgIpc) is 2.25. The first kappa shape index (κ1) is 11.3. The molecule has 0 spiro atoms. The van der Waals surface area contributed by atoms with E-state index in [9.17, 15) is 0 Å². The van der Waals surface area contributed by atoms with Crippen molar-refractivity contribution in [3.63, 3.8) is 0 Å². The Hall–Kier alpha value is -0.190. The van der Waals surface area contributed by atoms with Gasteiger partial charge in [0.15, 0.2) is 0 Å². The normalized spacial score (nSPS) is 21.5. The molecular formula is C11H15BrN2S. The zero-order valence-corrected chi connectivity index (χ0v) is 10.9. The van der Waals surface area contributed by atoms with Crippen LogP contribution in [0.1, 0.15) is 12.8 Å². The van der Waals surface area contributed by atoms with Gasteiger partial charge < -0.3 is 11.1 Å². The Labute approximate surface area is 103 Å². The van der Waals surface area contributed by atoms with Crippen LogP contribution in [0.2, 0.25) is 0 Å². The maximum absolute atomic E-state index is 5.94. The molecular weight excluding hydrogens is 272 g/mol. The lowest BCUT2D eigenvalue weighted by molar-refractivity contribution is 0.531. The van der Waals surface area contributed by atoms with E-state index < -0.39 is 0 Å². The van der Waals surface area contributed by atoms with Gasteiger partial charge in [-0.25, -0.2) is 0 Å². The minimum absolute atomic E-state index is 0.662. The molecule has 1 aliphatic heterocycles. The molecule has 2 rings (SSSR count). The summed E-state index contributed by atoms with van der Waals surface area (Å²) in [4.78, 5) is 1.19. The van der Waals surface area contributed by atoms with Crippen LogP contribution in [0.4, 0.5) is 5.69 Å². The molecule has 4 heteroatoms. The van der Waals surface area contributed by atoms with E-state index in [1.54, 1.807) is 0 Å². The molecule has 0 saturated carbocycles. The number of thioether (sulfide) groups is 1. The van der Waals surface area contributed by atoms with Crippen LogP contribution in [-0.2, 0) is 0 Å². The van der Waals surface area contributed by atoms with E-state index in [-0.39, 0.29) is 0 Å². The molecule has 1 aromatic carbocycles. The molecule has 0 bridgehead atoms. The van der Waals surface area contributed by atoms with Crippen molar-refractivity contribution in [1.82, 2.24) is 5.32 Å². The number of nitrogens with one attached hydrogen (secondary N) is 1. The van der Waals surface area contributed by atoms with E-state index in [2.05, 4.69) is 27.3 Å². The summed E-state index contributed by atoms with van der Waals surface area (Å²) in [6, 6.07) is 6.05. The van der Waals surface area contributed by atoms with Crippen LogP contribution in [-0.4, -0.2) is 18.3 Å². The lowest BCUT2D eigenvalue weighted by Gasteiger charge is -2.22. The van der Waals surface area contributed by atoms with Gasteiger partial charge in [0.05, 0.1) is 0 Å². The summed E-state index contributed by atoms with van der Waals surface area (Å²) in [5.74, 6) is 0. The van der Waals surface area contributed by atoms with Crippen molar-refractivity contribution in [2.75, 3.05) is 18.8 Å². The van der Waals surface area contributed by atoms with Gasteiger partial charge in [-0.15, -0.1) is 11.8 Å². The molecule has 0 radical (unpaired) electrons. The Morgan fingerprint density at radius 3 is 3.07 bits per heavy atom. The van der Waals surface area contributed by atoms with Gasteiger partial charge in [0.2, 0.25) is 0 Å². The summed E-state index contributed by atoms with van der Waals surface area (Å²) in [5, 5.41) is 4.08. The van der Waals surface area contributed by atoms with E-state index in [1.165, 1.54) is 17.7 Å². The van der Waals surface area contributed by atoms with E-state index in [0.29, 0.717) is 5.25 Å². The van der Waals surface area contributed by atoms with Crippen LogP contribution < -0.4 is 11.1 Å². The summed E-state index contributed by atoms with van der Waals surface area (Å²) < 4.78 is 1.10.